The van der Waals surface area contributed by atoms with Crippen molar-refractivity contribution in [1.29, 1.82) is 0 Å². The molecule has 0 aliphatic rings. The smallest absolute Gasteiger partial charge is 0.211 e. The Bertz CT molecular complexity index is 964. The highest BCUT2D eigenvalue weighted by Crippen LogP contribution is 2.28. The van der Waals surface area contributed by atoms with Gasteiger partial charge in [-0.1, -0.05) is 41.6 Å². The Morgan fingerprint density at radius 3 is 2.56 bits per heavy atom. The fourth-order valence-electron chi connectivity index (χ4n) is 2.56. The van der Waals surface area contributed by atoms with Crippen molar-refractivity contribution in [3.63, 3.8) is 0 Å². The van der Waals surface area contributed by atoms with Crippen molar-refractivity contribution < 1.29 is 8.42 Å². The van der Waals surface area contributed by atoms with E-state index in [1.54, 1.807) is 11.8 Å². The normalized spacial score (nSPS) is 11.9. The fraction of sp³-hybridized carbons (Fsp3) is 0.278. The largest absolute Gasteiger partial charge is 0.287 e. The summed E-state index contributed by atoms with van der Waals surface area (Å²) in [5.41, 5.74) is 4.26. The van der Waals surface area contributed by atoms with Gasteiger partial charge in [0, 0.05) is 11.4 Å². The first-order chi connectivity index (χ1) is 12.0. The van der Waals surface area contributed by atoms with Crippen molar-refractivity contribution in [2.75, 3.05) is 18.6 Å². The van der Waals surface area contributed by atoms with Crippen LogP contribution in [-0.2, 0) is 10.0 Å². The highest BCUT2D eigenvalue weighted by molar-refractivity contribution is 7.99. The van der Waals surface area contributed by atoms with Gasteiger partial charge in [0.2, 0.25) is 10.0 Å². The van der Waals surface area contributed by atoms with E-state index in [0.29, 0.717) is 12.2 Å². The first-order valence-electron chi connectivity index (χ1n) is 8.09. The third-order valence-corrected chi connectivity index (χ3v) is 6.39. The quantitative estimate of drug-likeness (QED) is 0.508. The van der Waals surface area contributed by atoms with Crippen LogP contribution in [0.15, 0.2) is 53.7 Å². The molecule has 0 spiro atoms. The lowest BCUT2D eigenvalue weighted by Gasteiger charge is -2.09. The summed E-state index contributed by atoms with van der Waals surface area (Å²) in [4.78, 5) is 4.73. The first kappa shape index (κ1) is 18.0. The van der Waals surface area contributed by atoms with Gasteiger partial charge in [-0.3, -0.25) is 4.57 Å². The average Bonchev–Trinajstić information content (AvgIpc) is 2.98. The molecule has 3 rings (SSSR count). The Labute approximate surface area is 152 Å². The molecule has 0 aliphatic heterocycles. The van der Waals surface area contributed by atoms with Gasteiger partial charge < -0.3 is 0 Å². The van der Waals surface area contributed by atoms with Crippen LogP contribution in [0.25, 0.3) is 16.7 Å². The molecule has 0 radical (unpaired) electrons. The molecule has 0 amide bonds. The second-order valence-corrected chi connectivity index (χ2v) is 8.89. The van der Waals surface area contributed by atoms with Crippen LogP contribution in [-0.4, -0.2) is 36.5 Å². The van der Waals surface area contributed by atoms with E-state index in [9.17, 15) is 8.42 Å². The van der Waals surface area contributed by atoms with Crippen LogP contribution >= 0.6 is 11.8 Å². The molecule has 0 fully saturated rings. The van der Waals surface area contributed by atoms with Crippen molar-refractivity contribution in [2.45, 2.75) is 18.5 Å². The van der Waals surface area contributed by atoms with Crippen molar-refractivity contribution in [2.24, 2.45) is 0 Å². The number of thioether (sulfide) groups is 1. The third-order valence-electron chi connectivity index (χ3n) is 3.92. The number of aromatic nitrogens is 2. The molecule has 7 heteroatoms. The maximum atomic E-state index is 11.5. The van der Waals surface area contributed by atoms with Crippen LogP contribution < -0.4 is 4.72 Å². The highest BCUT2D eigenvalue weighted by Gasteiger charge is 2.13. The molecule has 3 aromatic rings. The summed E-state index contributed by atoms with van der Waals surface area (Å²) in [5, 5.41) is 0.881. The lowest BCUT2D eigenvalue weighted by molar-refractivity contribution is 0.587. The summed E-state index contributed by atoms with van der Waals surface area (Å²) in [6.07, 6.45) is 0.574. The van der Waals surface area contributed by atoms with Crippen LogP contribution in [0.1, 0.15) is 12.0 Å². The van der Waals surface area contributed by atoms with Gasteiger partial charge in [0.15, 0.2) is 5.16 Å². The van der Waals surface area contributed by atoms with E-state index < -0.39 is 10.0 Å². The molecule has 1 N–H and O–H groups in total. The molecule has 2 aromatic carbocycles. The molecule has 132 valence electrons. The molecule has 25 heavy (non-hydrogen) atoms. The van der Waals surface area contributed by atoms with E-state index in [2.05, 4.69) is 46.5 Å². The molecule has 0 unspecified atom stereocenters. The predicted octanol–water partition coefficient (Wildman–Crippen LogP) is 3.37. The molecule has 1 aromatic heterocycles. The minimum absolute atomic E-state index is 0.126. The number of rotatable bonds is 7. The lowest BCUT2D eigenvalue weighted by atomic mass is 10.2. The Morgan fingerprint density at radius 2 is 1.84 bits per heavy atom. The minimum atomic E-state index is -3.16. The number of benzene rings is 2. The van der Waals surface area contributed by atoms with E-state index in [-0.39, 0.29) is 5.75 Å². The number of hydrogen-bond acceptors (Lipinski definition) is 4. The van der Waals surface area contributed by atoms with Gasteiger partial charge in [-0.25, -0.2) is 18.1 Å². The van der Waals surface area contributed by atoms with E-state index >= 15 is 0 Å². The fourth-order valence-corrected chi connectivity index (χ4v) is 4.44. The monoisotopic (exact) mass is 375 g/mol. The first-order valence-corrected chi connectivity index (χ1v) is 10.7. The standard InChI is InChI=1S/C18H21N3O2S2/c1-14-8-10-15(11-9-14)21-17-7-4-3-6-16(17)20-18(21)24-12-5-13-25(22,23)19-2/h3-4,6-11,19H,5,12-13H2,1-2H3. The molecular weight excluding hydrogens is 354 g/mol. The van der Waals surface area contributed by atoms with Crippen molar-refractivity contribution in [3.8, 4) is 5.69 Å². The lowest BCUT2D eigenvalue weighted by Crippen LogP contribution is -2.22. The SMILES string of the molecule is CNS(=O)(=O)CCCSc1nc2ccccc2n1-c1ccc(C)cc1. The van der Waals surface area contributed by atoms with Gasteiger partial charge in [-0.15, -0.1) is 0 Å². The van der Waals surface area contributed by atoms with Crippen molar-refractivity contribution >= 4 is 32.8 Å². The van der Waals surface area contributed by atoms with Crippen LogP contribution in [0, 0.1) is 6.92 Å². The maximum Gasteiger partial charge on any atom is 0.211 e. The summed E-state index contributed by atoms with van der Waals surface area (Å²) >= 11 is 1.58. The number of para-hydroxylation sites is 2. The zero-order valence-electron chi connectivity index (χ0n) is 14.3. The third kappa shape index (κ3) is 4.23. The summed E-state index contributed by atoms with van der Waals surface area (Å²) < 4.78 is 27.5. The number of sulfonamides is 1. The molecule has 0 aliphatic carbocycles. The number of nitrogens with one attached hydrogen (secondary N) is 1. The number of hydrogen-bond donors (Lipinski definition) is 1. The van der Waals surface area contributed by atoms with Crippen LogP contribution in [0.3, 0.4) is 0 Å². The summed E-state index contributed by atoms with van der Waals surface area (Å²) in [6, 6.07) is 16.4. The zero-order chi connectivity index (χ0) is 17.9. The number of nitrogens with zero attached hydrogens (tertiary/aromatic N) is 2. The molecule has 0 atom stereocenters. The molecule has 1 heterocycles. The summed E-state index contributed by atoms with van der Waals surface area (Å²) in [7, 11) is -1.71. The number of aryl methyl sites for hydroxylation is 1. The van der Waals surface area contributed by atoms with Crippen LogP contribution in [0.5, 0.6) is 0 Å². The molecule has 0 bridgehead atoms. The topological polar surface area (TPSA) is 64.0 Å². The Balaban J connectivity index is 1.87. The molecule has 5 nitrogen and oxygen atoms in total. The minimum Gasteiger partial charge on any atom is -0.287 e. The van der Waals surface area contributed by atoms with Gasteiger partial charge in [-0.05, 0) is 44.7 Å². The number of imidazole rings is 1. The summed E-state index contributed by atoms with van der Waals surface area (Å²) in [5.74, 6) is 0.817. The zero-order valence-corrected chi connectivity index (χ0v) is 15.9. The van der Waals surface area contributed by atoms with E-state index in [1.165, 1.54) is 12.6 Å². The Hall–Kier alpha value is -1.83. The van der Waals surface area contributed by atoms with Gasteiger partial charge in [0.05, 0.1) is 16.8 Å². The van der Waals surface area contributed by atoms with Crippen LogP contribution in [0.4, 0.5) is 0 Å². The molecule has 0 saturated carbocycles. The summed E-state index contributed by atoms with van der Waals surface area (Å²) in [6.45, 7) is 2.06. The number of fused-ring (bicyclic) bond motifs is 1. The van der Waals surface area contributed by atoms with Crippen LogP contribution in [0.2, 0.25) is 0 Å². The van der Waals surface area contributed by atoms with E-state index in [4.69, 9.17) is 4.98 Å². The van der Waals surface area contributed by atoms with Crippen molar-refractivity contribution in [1.82, 2.24) is 14.3 Å². The second-order valence-electron chi connectivity index (χ2n) is 5.78. The van der Waals surface area contributed by atoms with Gasteiger partial charge in [0.1, 0.15) is 0 Å². The van der Waals surface area contributed by atoms with E-state index in [1.807, 2.05) is 18.2 Å². The maximum absolute atomic E-state index is 11.5. The Kier molecular flexibility index (Phi) is 5.46. The predicted molar refractivity (Wildman–Crippen MR) is 104 cm³/mol. The van der Waals surface area contributed by atoms with Gasteiger partial charge in [-0.2, -0.15) is 0 Å². The average molecular weight is 376 g/mol. The molecular formula is C18H21N3O2S2. The van der Waals surface area contributed by atoms with E-state index in [0.717, 1.165) is 21.9 Å². The van der Waals surface area contributed by atoms with Gasteiger partial charge >= 0.3 is 0 Å². The second kappa shape index (κ2) is 7.59. The highest BCUT2D eigenvalue weighted by atomic mass is 32.2. The van der Waals surface area contributed by atoms with Gasteiger partial charge in [0.25, 0.3) is 0 Å². The molecule has 0 saturated heterocycles. The van der Waals surface area contributed by atoms with Crippen molar-refractivity contribution in [3.05, 3.63) is 54.1 Å². The Morgan fingerprint density at radius 1 is 1.12 bits per heavy atom.